The standard InChI is InChI=1S/C18H23N5O2/c1-4-5-9-19-18(25)16-11-17(21-12(2)20-16)23-15-8-6-7-14(10-15)22-13(3)24/h6-8,10-11H,4-5,9H2,1-3H3,(H,19,25)(H,22,24)(H,20,21,23). The van der Waals surface area contributed by atoms with Crippen LogP contribution in [0.4, 0.5) is 17.2 Å². The second kappa shape index (κ2) is 8.77. The molecule has 2 amide bonds. The number of amides is 2. The van der Waals surface area contributed by atoms with Crippen LogP contribution in [0.15, 0.2) is 30.3 Å². The molecule has 0 unspecified atom stereocenters. The molecule has 2 rings (SSSR count). The number of hydrogen-bond acceptors (Lipinski definition) is 5. The summed E-state index contributed by atoms with van der Waals surface area (Å²) in [5, 5.41) is 8.71. The molecule has 0 radical (unpaired) electrons. The fraction of sp³-hybridized carbons (Fsp3) is 0.333. The van der Waals surface area contributed by atoms with Crippen LogP contribution in [0.2, 0.25) is 0 Å². The Labute approximate surface area is 147 Å². The number of aromatic nitrogens is 2. The molecule has 0 fully saturated rings. The number of benzene rings is 1. The summed E-state index contributed by atoms with van der Waals surface area (Å²) in [7, 11) is 0. The number of unbranched alkanes of at least 4 members (excludes halogenated alkanes) is 1. The van der Waals surface area contributed by atoms with Crippen LogP contribution in [0, 0.1) is 6.92 Å². The van der Waals surface area contributed by atoms with Crippen molar-refractivity contribution < 1.29 is 9.59 Å². The number of rotatable bonds is 7. The average Bonchev–Trinajstić information content (AvgIpc) is 2.54. The van der Waals surface area contributed by atoms with Crippen LogP contribution in [0.5, 0.6) is 0 Å². The van der Waals surface area contributed by atoms with Crippen molar-refractivity contribution in [1.82, 2.24) is 15.3 Å². The molecular formula is C18H23N5O2. The zero-order valence-corrected chi connectivity index (χ0v) is 14.7. The molecule has 0 aliphatic rings. The lowest BCUT2D eigenvalue weighted by atomic mass is 10.2. The normalized spacial score (nSPS) is 10.2. The molecular weight excluding hydrogens is 318 g/mol. The van der Waals surface area contributed by atoms with Gasteiger partial charge in [0.2, 0.25) is 5.91 Å². The number of anilines is 3. The van der Waals surface area contributed by atoms with Crippen molar-refractivity contribution in [2.24, 2.45) is 0 Å². The molecule has 1 aromatic carbocycles. The molecule has 25 heavy (non-hydrogen) atoms. The highest BCUT2D eigenvalue weighted by Crippen LogP contribution is 2.19. The van der Waals surface area contributed by atoms with Gasteiger partial charge in [0.15, 0.2) is 0 Å². The van der Waals surface area contributed by atoms with E-state index in [4.69, 9.17) is 0 Å². The summed E-state index contributed by atoms with van der Waals surface area (Å²) in [6.45, 7) is 5.89. The highest BCUT2D eigenvalue weighted by Gasteiger charge is 2.10. The lowest BCUT2D eigenvalue weighted by Crippen LogP contribution is -2.25. The minimum Gasteiger partial charge on any atom is -0.351 e. The first-order chi connectivity index (χ1) is 12.0. The topological polar surface area (TPSA) is 96.0 Å². The third-order valence-electron chi connectivity index (χ3n) is 3.34. The molecule has 2 aromatic rings. The van der Waals surface area contributed by atoms with Gasteiger partial charge in [-0.1, -0.05) is 19.4 Å². The third-order valence-corrected chi connectivity index (χ3v) is 3.34. The molecule has 0 saturated carbocycles. The van der Waals surface area contributed by atoms with Crippen molar-refractivity contribution >= 4 is 29.0 Å². The maximum absolute atomic E-state index is 12.2. The Morgan fingerprint density at radius 2 is 1.88 bits per heavy atom. The molecule has 0 spiro atoms. The maximum atomic E-state index is 12.2. The van der Waals surface area contributed by atoms with Gasteiger partial charge in [-0.3, -0.25) is 9.59 Å². The third kappa shape index (κ3) is 5.87. The first-order valence-electron chi connectivity index (χ1n) is 8.26. The van der Waals surface area contributed by atoms with Crippen LogP contribution in [0.1, 0.15) is 43.0 Å². The van der Waals surface area contributed by atoms with E-state index in [2.05, 4.69) is 32.8 Å². The van der Waals surface area contributed by atoms with E-state index in [1.165, 1.54) is 6.92 Å². The molecule has 0 saturated heterocycles. The number of nitrogens with zero attached hydrogens (tertiary/aromatic N) is 2. The van der Waals surface area contributed by atoms with Crippen LogP contribution in [0.3, 0.4) is 0 Å². The molecule has 0 bridgehead atoms. The van der Waals surface area contributed by atoms with E-state index in [-0.39, 0.29) is 11.8 Å². The number of carbonyl (C=O) groups is 2. The number of aryl methyl sites for hydroxylation is 1. The van der Waals surface area contributed by atoms with Gasteiger partial charge in [0.05, 0.1) is 0 Å². The SMILES string of the molecule is CCCCNC(=O)c1cc(Nc2cccc(NC(C)=O)c2)nc(C)n1. The molecule has 0 aliphatic heterocycles. The van der Waals surface area contributed by atoms with Gasteiger partial charge >= 0.3 is 0 Å². The summed E-state index contributed by atoms with van der Waals surface area (Å²) in [6.07, 6.45) is 1.94. The van der Waals surface area contributed by atoms with E-state index in [9.17, 15) is 9.59 Å². The Hall–Kier alpha value is -2.96. The minimum atomic E-state index is -0.214. The number of hydrogen-bond donors (Lipinski definition) is 3. The first-order valence-corrected chi connectivity index (χ1v) is 8.26. The molecule has 0 atom stereocenters. The van der Waals surface area contributed by atoms with Crippen molar-refractivity contribution in [3.63, 3.8) is 0 Å². The molecule has 132 valence electrons. The lowest BCUT2D eigenvalue weighted by Gasteiger charge is -2.10. The second-order valence-electron chi connectivity index (χ2n) is 5.68. The smallest absolute Gasteiger partial charge is 0.270 e. The van der Waals surface area contributed by atoms with E-state index < -0.39 is 0 Å². The monoisotopic (exact) mass is 341 g/mol. The second-order valence-corrected chi connectivity index (χ2v) is 5.68. The number of nitrogens with one attached hydrogen (secondary N) is 3. The number of carbonyl (C=O) groups excluding carboxylic acids is 2. The van der Waals surface area contributed by atoms with E-state index in [0.717, 1.165) is 18.5 Å². The zero-order valence-electron chi connectivity index (χ0n) is 14.7. The van der Waals surface area contributed by atoms with Gasteiger partial charge in [0.25, 0.3) is 5.91 Å². The molecule has 0 aliphatic carbocycles. The summed E-state index contributed by atoms with van der Waals surface area (Å²) < 4.78 is 0. The molecule has 1 heterocycles. The summed E-state index contributed by atoms with van der Waals surface area (Å²) in [6, 6.07) is 8.87. The van der Waals surface area contributed by atoms with Crippen LogP contribution in [0.25, 0.3) is 0 Å². The molecule has 7 heteroatoms. The average molecular weight is 341 g/mol. The summed E-state index contributed by atoms with van der Waals surface area (Å²) in [5.41, 5.74) is 1.76. The highest BCUT2D eigenvalue weighted by atomic mass is 16.2. The van der Waals surface area contributed by atoms with Gasteiger partial charge in [0.1, 0.15) is 17.3 Å². The molecule has 1 aromatic heterocycles. The Morgan fingerprint density at radius 3 is 2.60 bits per heavy atom. The Bertz CT molecular complexity index is 761. The maximum Gasteiger partial charge on any atom is 0.270 e. The van der Waals surface area contributed by atoms with Crippen molar-refractivity contribution in [2.75, 3.05) is 17.2 Å². The van der Waals surface area contributed by atoms with Crippen molar-refractivity contribution in [2.45, 2.75) is 33.6 Å². The van der Waals surface area contributed by atoms with Gasteiger partial charge in [-0.25, -0.2) is 9.97 Å². The highest BCUT2D eigenvalue weighted by molar-refractivity contribution is 5.93. The predicted octanol–water partition coefficient (Wildman–Crippen LogP) is 3.02. The molecule has 3 N–H and O–H groups in total. The van der Waals surface area contributed by atoms with Gasteiger partial charge in [-0.15, -0.1) is 0 Å². The van der Waals surface area contributed by atoms with Gasteiger partial charge in [0, 0.05) is 30.9 Å². The van der Waals surface area contributed by atoms with E-state index in [1.54, 1.807) is 25.1 Å². The van der Waals surface area contributed by atoms with Crippen molar-refractivity contribution in [3.8, 4) is 0 Å². The predicted molar refractivity (Wildman–Crippen MR) is 98.0 cm³/mol. The van der Waals surface area contributed by atoms with Crippen LogP contribution >= 0.6 is 0 Å². The summed E-state index contributed by atoms with van der Waals surface area (Å²) in [5.74, 6) is 0.673. The fourth-order valence-electron chi connectivity index (χ4n) is 2.24. The van der Waals surface area contributed by atoms with Crippen LogP contribution in [-0.2, 0) is 4.79 Å². The van der Waals surface area contributed by atoms with Crippen molar-refractivity contribution in [1.29, 1.82) is 0 Å². The van der Waals surface area contributed by atoms with Gasteiger partial charge < -0.3 is 16.0 Å². The Kier molecular flexibility index (Phi) is 6.45. The Morgan fingerprint density at radius 1 is 1.12 bits per heavy atom. The molecule has 7 nitrogen and oxygen atoms in total. The van der Waals surface area contributed by atoms with E-state index in [1.807, 2.05) is 12.1 Å². The van der Waals surface area contributed by atoms with Crippen LogP contribution < -0.4 is 16.0 Å². The first kappa shape index (κ1) is 18.4. The zero-order chi connectivity index (χ0) is 18.2. The van der Waals surface area contributed by atoms with Gasteiger partial charge in [-0.2, -0.15) is 0 Å². The summed E-state index contributed by atoms with van der Waals surface area (Å²) in [4.78, 5) is 31.8. The fourth-order valence-corrected chi connectivity index (χ4v) is 2.24. The van der Waals surface area contributed by atoms with Crippen molar-refractivity contribution in [3.05, 3.63) is 41.9 Å². The summed E-state index contributed by atoms with van der Waals surface area (Å²) >= 11 is 0. The van der Waals surface area contributed by atoms with E-state index >= 15 is 0 Å². The van der Waals surface area contributed by atoms with Gasteiger partial charge in [-0.05, 0) is 31.5 Å². The van der Waals surface area contributed by atoms with E-state index in [0.29, 0.717) is 29.6 Å². The minimum absolute atomic E-state index is 0.138. The Balaban J connectivity index is 2.14. The quantitative estimate of drug-likeness (QED) is 0.673. The van der Waals surface area contributed by atoms with Crippen LogP contribution in [-0.4, -0.2) is 28.3 Å². The largest absolute Gasteiger partial charge is 0.351 e. The lowest BCUT2D eigenvalue weighted by molar-refractivity contribution is -0.114.